The van der Waals surface area contributed by atoms with Gasteiger partial charge in [0.2, 0.25) is 0 Å². The quantitative estimate of drug-likeness (QED) is 0.932. The van der Waals surface area contributed by atoms with Gasteiger partial charge in [0.15, 0.2) is 0 Å². The Kier molecular flexibility index (Phi) is 3.98. The van der Waals surface area contributed by atoms with Crippen molar-refractivity contribution in [1.29, 1.82) is 5.26 Å². The number of benzene rings is 1. The van der Waals surface area contributed by atoms with Crippen LogP contribution < -0.4 is 10.1 Å². The lowest BCUT2D eigenvalue weighted by molar-refractivity contribution is -0.274. The van der Waals surface area contributed by atoms with Gasteiger partial charge in [-0.3, -0.25) is 0 Å². The minimum absolute atomic E-state index is 0.333. The summed E-state index contributed by atoms with van der Waals surface area (Å²) in [6.07, 6.45) is -4.74. The summed E-state index contributed by atoms with van der Waals surface area (Å²) in [6, 6.07) is 10.5. The van der Waals surface area contributed by atoms with E-state index >= 15 is 0 Å². The van der Waals surface area contributed by atoms with Gasteiger partial charge in [0.05, 0.1) is 11.6 Å². The highest BCUT2D eigenvalue weighted by molar-refractivity contribution is 5.59. The molecule has 0 aliphatic rings. The normalized spacial score (nSPS) is 10.8. The Morgan fingerprint density at radius 2 is 2.00 bits per heavy atom. The van der Waals surface area contributed by atoms with Crippen LogP contribution in [0.1, 0.15) is 11.3 Å². The number of pyridine rings is 1. The predicted molar refractivity (Wildman–Crippen MR) is 70.1 cm³/mol. The van der Waals surface area contributed by atoms with Gasteiger partial charge in [-0.25, -0.2) is 4.98 Å². The number of nitrogens with zero attached hydrogens (tertiary/aromatic N) is 2. The zero-order chi connectivity index (χ0) is 15.5. The largest absolute Gasteiger partial charge is 0.573 e. The second kappa shape index (κ2) is 5.71. The summed E-state index contributed by atoms with van der Waals surface area (Å²) >= 11 is 0. The van der Waals surface area contributed by atoms with E-state index in [0.717, 1.165) is 0 Å². The van der Waals surface area contributed by atoms with Crippen molar-refractivity contribution in [2.45, 2.75) is 13.3 Å². The molecule has 0 atom stereocenters. The molecule has 0 aliphatic heterocycles. The molecule has 2 aromatic rings. The number of nitriles is 1. The van der Waals surface area contributed by atoms with Crippen LogP contribution in [0, 0.1) is 18.3 Å². The summed E-state index contributed by atoms with van der Waals surface area (Å²) < 4.78 is 40.3. The second-order valence-corrected chi connectivity index (χ2v) is 4.19. The molecule has 0 unspecified atom stereocenters. The van der Waals surface area contributed by atoms with Crippen molar-refractivity contribution < 1.29 is 17.9 Å². The average molecular weight is 293 g/mol. The SMILES string of the molecule is Cc1cc(C#N)cc(Nc2cccc(OC(F)(F)F)c2)n1. The van der Waals surface area contributed by atoms with E-state index in [1.54, 1.807) is 19.1 Å². The highest BCUT2D eigenvalue weighted by Gasteiger charge is 2.31. The predicted octanol–water partition coefficient (Wildman–Crippen LogP) is 3.90. The molecule has 0 amide bonds. The zero-order valence-electron chi connectivity index (χ0n) is 10.9. The molecule has 0 radical (unpaired) electrons. The topological polar surface area (TPSA) is 57.9 Å². The van der Waals surface area contributed by atoms with Crippen molar-refractivity contribution in [1.82, 2.24) is 4.98 Å². The van der Waals surface area contributed by atoms with Crippen LogP contribution in [0.25, 0.3) is 0 Å². The van der Waals surface area contributed by atoms with Gasteiger partial charge in [0.25, 0.3) is 0 Å². The molecule has 1 heterocycles. The summed E-state index contributed by atoms with van der Waals surface area (Å²) in [7, 11) is 0. The lowest BCUT2D eigenvalue weighted by Gasteiger charge is -2.11. The Hall–Kier alpha value is -2.75. The van der Waals surface area contributed by atoms with E-state index in [0.29, 0.717) is 22.8 Å². The monoisotopic (exact) mass is 293 g/mol. The third-order valence-corrected chi connectivity index (χ3v) is 2.42. The maximum Gasteiger partial charge on any atom is 0.573 e. The molecule has 4 nitrogen and oxygen atoms in total. The summed E-state index contributed by atoms with van der Waals surface area (Å²) in [5.41, 5.74) is 1.41. The van der Waals surface area contributed by atoms with Crippen molar-refractivity contribution in [3.63, 3.8) is 0 Å². The number of nitrogens with one attached hydrogen (secondary N) is 1. The Morgan fingerprint density at radius 3 is 2.67 bits per heavy atom. The van der Waals surface area contributed by atoms with Crippen molar-refractivity contribution in [2.75, 3.05) is 5.32 Å². The molecule has 7 heteroatoms. The molecule has 0 aliphatic carbocycles. The van der Waals surface area contributed by atoms with Gasteiger partial charge in [-0.2, -0.15) is 5.26 Å². The number of hydrogen-bond acceptors (Lipinski definition) is 4. The number of aryl methyl sites for hydroxylation is 1. The van der Waals surface area contributed by atoms with Crippen molar-refractivity contribution >= 4 is 11.5 Å². The van der Waals surface area contributed by atoms with Gasteiger partial charge in [0.1, 0.15) is 11.6 Å². The molecule has 1 aromatic heterocycles. The maximum atomic E-state index is 12.2. The van der Waals surface area contributed by atoms with E-state index in [9.17, 15) is 13.2 Å². The number of anilines is 2. The van der Waals surface area contributed by atoms with Gasteiger partial charge in [0, 0.05) is 17.4 Å². The molecule has 21 heavy (non-hydrogen) atoms. The summed E-state index contributed by atoms with van der Waals surface area (Å²) in [6.45, 7) is 1.72. The molecule has 0 spiro atoms. The van der Waals surface area contributed by atoms with Crippen LogP contribution in [0.2, 0.25) is 0 Å². The molecule has 1 N–H and O–H groups in total. The molecule has 0 bridgehead atoms. The van der Waals surface area contributed by atoms with Crippen LogP contribution >= 0.6 is 0 Å². The van der Waals surface area contributed by atoms with Crippen LogP contribution in [-0.2, 0) is 0 Å². The molecule has 0 saturated carbocycles. The molecular formula is C14H10F3N3O. The number of aromatic nitrogens is 1. The zero-order valence-corrected chi connectivity index (χ0v) is 10.9. The van der Waals surface area contributed by atoms with Gasteiger partial charge in [-0.15, -0.1) is 13.2 Å². The fourth-order valence-electron chi connectivity index (χ4n) is 1.72. The number of rotatable bonds is 3. The number of alkyl halides is 3. The molecule has 0 fully saturated rings. The third kappa shape index (κ3) is 4.38. The van der Waals surface area contributed by atoms with Crippen molar-refractivity contribution in [3.8, 4) is 11.8 Å². The van der Waals surface area contributed by atoms with E-state index in [4.69, 9.17) is 5.26 Å². The smallest absolute Gasteiger partial charge is 0.406 e. The molecule has 0 saturated heterocycles. The molecule has 2 rings (SSSR count). The molecule has 1 aromatic carbocycles. The Bertz CT molecular complexity index is 693. The van der Waals surface area contributed by atoms with Crippen LogP contribution in [-0.4, -0.2) is 11.3 Å². The Balaban J connectivity index is 2.22. The Morgan fingerprint density at radius 1 is 1.24 bits per heavy atom. The standard InChI is InChI=1S/C14H10F3N3O/c1-9-5-10(8-18)6-13(19-9)20-11-3-2-4-12(7-11)21-14(15,16)17/h2-7H,1H3,(H,19,20). The Labute approximate surface area is 118 Å². The third-order valence-electron chi connectivity index (χ3n) is 2.42. The molecule has 108 valence electrons. The average Bonchev–Trinajstić information content (AvgIpc) is 2.36. The van der Waals surface area contributed by atoms with Gasteiger partial charge < -0.3 is 10.1 Å². The van der Waals surface area contributed by atoms with Crippen LogP contribution in [0.15, 0.2) is 36.4 Å². The van der Waals surface area contributed by atoms with Crippen molar-refractivity contribution in [2.24, 2.45) is 0 Å². The first-order chi connectivity index (χ1) is 9.85. The van der Waals surface area contributed by atoms with Crippen LogP contribution in [0.5, 0.6) is 5.75 Å². The summed E-state index contributed by atoms with van der Waals surface area (Å²) in [5, 5.41) is 11.7. The number of hydrogen-bond donors (Lipinski definition) is 1. The minimum Gasteiger partial charge on any atom is -0.406 e. The number of halogens is 3. The van der Waals surface area contributed by atoms with Crippen LogP contribution in [0.3, 0.4) is 0 Å². The number of ether oxygens (including phenoxy) is 1. The van der Waals surface area contributed by atoms with E-state index < -0.39 is 6.36 Å². The minimum atomic E-state index is -4.74. The first-order valence-electron chi connectivity index (χ1n) is 5.87. The van der Waals surface area contributed by atoms with E-state index in [1.807, 2.05) is 6.07 Å². The van der Waals surface area contributed by atoms with E-state index in [2.05, 4.69) is 15.0 Å². The maximum absolute atomic E-state index is 12.2. The van der Waals surface area contributed by atoms with Crippen molar-refractivity contribution in [3.05, 3.63) is 47.7 Å². The first-order valence-corrected chi connectivity index (χ1v) is 5.87. The van der Waals surface area contributed by atoms with Crippen LogP contribution in [0.4, 0.5) is 24.7 Å². The summed E-state index contributed by atoms with van der Waals surface area (Å²) in [5.74, 6) is 0.0383. The second-order valence-electron chi connectivity index (χ2n) is 4.19. The first kappa shape index (κ1) is 14.7. The lowest BCUT2D eigenvalue weighted by atomic mass is 10.2. The van der Waals surface area contributed by atoms with Gasteiger partial charge in [-0.05, 0) is 31.2 Å². The fraction of sp³-hybridized carbons (Fsp3) is 0.143. The van der Waals surface area contributed by atoms with E-state index in [-0.39, 0.29) is 5.75 Å². The lowest BCUT2D eigenvalue weighted by Crippen LogP contribution is -2.17. The highest BCUT2D eigenvalue weighted by atomic mass is 19.4. The fourth-order valence-corrected chi connectivity index (χ4v) is 1.72. The molecular weight excluding hydrogens is 283 g/mol. The highest BCUT2D eigenvalue weighted by Crippen LogP contribution is 2.26. The van der Waals surface area contributed by atoms with Gasteiger partial charge >= 0.3 is 6.36 Å². The van der Waals surface area contributed by atoms with Gasteiger partial charge in [-0.1, -0.05) is 6.07 Å². The summed E-state index contributed by atoms with van der Waals surface area (Å²) in [4.78, 5) is 4.16. The van der Waals surface area contributed by atoms with E-state index in [1.165, 1.54) is 24.3 Å².